The summed E-state index contributed by atoms with van der Waals surface area (Å²) in [5.74, 6) is 0.0424. The first-order chi connectivity index (χ1) is 6.84. The van der Waals surface area contributed by atoms with Gasteiger partial charge in [-0.2, -0.15) is 0 Å². The molecule has 0 bridgehead atoms. The summed E-state index contributed by atoms with van der Waals surface area (Å²) < 4.78 is 5.26. The Morgan fingerprint density at radius 3 is 2.80 bits per heavy atom. The molecular formula is C10H21ClN2O2. The van der Waals surface area contributed by atoms with Gasteiger partial charge in [0.05, 0.1) is 0 Å². The average Bonchev–Trinajstić information content (AvgIpc) is 2.70. The Morgan fingerprint density at radius 1 is 1.40 bits per heavy atom. The first-order valence-electron chi connectivity index (χ1n) is 5.44. The summed E-state index contributed by atoms with van der Waals surface area (Å²) in [6.07, 6.45) is 2.81. The lowest BCUT2D eigenvalue weighted by Crippen LogP contribution is -2.38. The van der Waals surface area contributed by atoms with Crippen molar-refractivity contribution in [3.05, 3.63) is 0 Å². The molecule has 1 atom stereocenters. The molecule has 0 radical (unpaired) electrons. The van der Waals surface area contributed by atoms with E-state index in [9.17, 15) is 4.79 Å². The van der Waals surface area contributed by atoms with E-state index in [1.165, 1.54) is 0 Å². The molecule has 0 aliphatic carbocycles. The number of carbonyl (C=O) groups is 1. The van der Waals surface area contributed by atoms with Crippen LogP contribution in [-0.2, 0) is 9.53 Å². The SMILES string of the molecule is CCCNCCNC(=O)C1CCCO1.Cl. The van der Waals surface area contributed by atoms with Crippen LogP contribution < -0.4 is 10.6 Å². The maximum Gasteiger partial charge on any atom is 0.249 e. The number of carbonyl (C=O) groups excluding carboxylic acids is 1. The van der Waals surface area contributed by atoms with Crippen molar-refractivity contribution in [3.8, 4) is 0 Å². The van der Waals surface area contributed by atoms with Gasteiger partial charge in [0.25, 0.3) is 0 Å². The number of halogens is 1. The summed E-state index contributed by atoms with van der Waals surface area (Å²) in [5, 5.41) is 6.08. The number of rotatable bonds is 6. The van der Waals surface area contributed by atoms with Crippen molar-refractivity contribution >= 4 is 18.3 Å². The topological polar surface area (TPSA) is 50.4 Å². The highest BCUT2D eigenvalue weighted by molar-refractivity contribution is 5.85. The van der Waals surface area contributed by atoms with Crippen molar-refractivity contribution in [2.24, 2.45) is 0 Å². The second kappa shape index (κ2) is 8.95. The number of hydrogen-bond acceptors (Lipinski definition) is 3. The summed E-state index contributed by atoms with van der Waals surface area (Å²) >= 11 is 0. The van der Waals surface area contributed by atoms with Crippen LogP contribution in [0.5, 0.6) is 0 Å². The van der Waals surface area contributed by atoms with Crippen LogP contribution in [0, 0.1) is 0 Å². The van der Waals surface area contributed by atoms with Crippen LogP contribution >= 0.6 is 12.4 Å². The minimum atomic E-state index is -0.193. The normalized spacial score (nSPS) is 19.7. The molecular weight excluding hydrogens is 216 g/mol. The van der Waals surface area contributed by atoms with Crippen molar-refractivity contribution in [2.45, 2.75) is 32.3 Å². The summed E-state index contributed by atoms with van der Waals surface area (Å²) in [5.41, 5.74) is 0. The molecule has 0 aromatic heterocycles. The highest BCUT2D eigenvalue weighted by Crippen LogP contribution is 2.11. The fourth-order valence-electron chi connectivity index (χ4n) is 1.47. The third-order valence-corrected chi connectivity index (χ3v) is 2.25. The van der Waals surface area contributed by atoms with E-state index in [2.05, 4.69) is 17.6 Å². The largest absolute Gasteiger partial charge is 0.368 e. The Morgan fingerprint density at radius 2 is 2.20 bits per heavy atom. The molecule has 1 fully saturated rings. The molecule has 2 N–H and O–H groups in total. The molecule has 1 rings (SSSR count). The van der Waals surface area contributed by atoms with E-state index in [0.717, 1.165) is 39.0 Å². The second-order valence-corrected chi connectivity index (χ2v) is 3.54. The van der Waals surface area contributed by atoms with E-state index in [0.29, 0.717) is 6.54 Å². The van der Waals surface area contributed by atoms with Gasteiger partial charge in [-0.25, -0.2) is 0 Å². The Kier molecular flexibility index (Phi) is 8.76. The van der Waals surface area contributed by atoms with E-state index in [1.54, 1.807) is 0 Å². The van der Waals surface area contributed by atoms with E-state index >= 15 is 0 Å². The first kappa shape index (κ1) is 14.7. The van der Waals surface area contributed by atoms with Crippen molar-refractivity contribution in [3.63, 3.8) is 0 Å². The Bertz CT molecular complexity index is 173. The lowest BCUT2D eigenvalue weighted by molar-refractivity contribution is -0.129. The molecule has 1 aliphatic rings. The minimum absolute atomic E-state index is 0. The third kappa shape index (κ3) is 5.97. The Hall–Kier alpha value is -0.320. The van der Waals surface area contributed by atoms with Crippen LogP contribution in [0.25, 0.3) is 0 Å². The van der Waals surface area contributed by atoms with E-state index in [-0.39, 0.29) is 24.4 Å². The molecule has 90 valence electrons. The van der Waals surface area contributed by atoms with Gasteiger partial charge in [0.1, 0.15) is 6.10 Å². The van der Waals surface area contributed by atoms with Crippen LogP contribution in [0.1, 0.15) is 26.2 Å². The molecule has 0 aromatic rings. The molecule has 5 heteroatoms. The molecule has 1 aliphatic heterocycles. The highest BCUT2D eigenvalue weighted by Gasteiger charge is 2.22. The van der Waals surface area contributed by atoms with Crippen molar-refractivity contribution in [1.29, 1.82) is 0 Å². The van der Waals surface area contributed by atoms with Gasteiger partial charge in [0.2, 0.25) is 5.91 Å². The number of ether oxygens (including phenoxy) is 1. The fourth-order valence-corrected chi connectivity index (χ4v) is 1.47. The molecule has 1 saturated heterocycles. The quantitative estimate of drug-likeness (QED) is 0.668. The maximum absolute atomic E-state index is 11.4. The van der Waals surface area contributed by atoms with Crippen LogP contribution in [0.2, 0.25) is 0 Å². The minimum Gasteiger partial charge on any atom is -0.368 e. The van der Waals surface area contributed by atoms with E-state index < -0.39 is 0 Å². The third-order valence-electron chi connectivity index (χ3n) is 2.25. The van der Waals surface area contributed by atoms with Gasteiger partial charge in [0.15, 0.2) is 0 Å². The number of nitrogens with one attached hydrogen (secondary N) is 2. The van der Waals surface area contributed by atoms with Gasteiger partial charge in [0, 0.05) is 19.7 Å². The fraction of sp³-hybridized carbons (Fsp3) is 0.900. The predicted octanol–water partition coefficient (Wildman–Crippen LogP) is 0.703. The van der Waals surface area contributed by atoms with E-state index in [1.807, 2.05) is 0 Å². The molecule has 1 unspecified atom stereocenters. The molecule has 4 nitrogen and oxygen atoms in total. The Balaban J connectivity index is 0.00000196. The lowest BCUT2D eigenvalue weighted by Gasteiger charge is -2.10. The molecule has 0 aromatic carbocycles. The van der Waals surface area contributed by atoms with Gasteiger partial charge in [-0.3, -0.25) is 4.79 Å². The number of amides is 1. The molecule has 1 heterocycles. The van der Waals surface area contributed by atoms with Crippen LogP contribution in [-0.4, -0.2) is 38.3 Å². The maximum atomic E-state index is 11.4. The van der Waals surface area contributed by atoms with Crippen LogP contribution in [0.15, 0.2) is 0 Å². The first-order valence-corrected chi connectivity index (χ1v) is 5.44. The Labute approximate surface area is 97.5 Å². The van der Waals surface area contributed by atoms with Gasteiger partial charge in [-0.05, 0) is 25.8 Å². The summed E-state index contributed by atoms with van der Waals surface area (Å²) in [7, 11) is 0. The summed E-state index contributed by atoms with van der Waals surface area (Å²) in [6, 6.07) is 0. The predicted molar refractivity (Wildman–Crippen MR) is 62.4 cm³/mol. The van der Waals surface area contributed by atoms with Gasteiger partial charge in [-0.1, -0.05) is 6.92 Å². The smallest absolute Gasteiger partial charge is 0.249 e. The van der Waals surface area contributed by atoms with Crippen molar-refractivity contribution < 1.29 is 9.53 Å². The zero-order valence-corrected chi connectivity index (χ0v) is 10.1. The second-order valence-electron chi connectivity index (χ2n) is 3.54. The lowest BCUT2D eigenvalue weighted by atomic mass is 10.2. The standard InChI is InChI=1S/C10H20N2O2.ClH/c1-2-5-11-6-7-12-10(13)9-4-3-8-14-9;/h9,11H,2-8H2,1H3,(H,12,13);1H. The number of hydrogen-bond donors (Lipinski definition) is 2. The van der Waals surface area contributed by atoms with Gasteiger partial charge < -0.3 is 15.4 Å². The summed E-state index contributed by atoms with van der Waals surface area (Å²) in [4.78, 5) is 11.4. The van der Waals surface area contributed by atoms with Crippen molar-refractivity contribution in [2.75, 3.05) is 26.2 Å². The van der Waals surface area contributed by atoms with Crippen LogP contribution in [0.3, 0.4) is 0 Å². The molecule has 0 spiro atoms. The molecule has 1 amide bonds. The van der Waals surface area contributed by atoms with Gasteiger partial charge >= 0.3 is 0 Å². The molecule has 0 saturated carbocycles. The highest BCUT2D eigenvalue weighted by atomic mass is 35.5. The van der Waals surface area contributed by atoms with Gasteiger partial charge in [-0.15, -0.1) is 12.4 Å². The zero-order valence-electron chi connectivity index (χ0n) is 9.25. The zero-order chi connectivity index (χ0) is 10.2. The average molecular weight is 237 g/mol. The van der Waals surface area contributed by atoms with Crippen LogP contribution in [0.4, 0.5) is 0 Å². The monoisotopic (exact) mass is 236 g/mol. The summed E-state index contributed by atoms with van der Waals surface area (Å²) in [6.45, 7) is 5.39. The van der Waals surface area contributed by atoms with Crippen molar-refractivity contribution in [1.82, 2.24) is 10.6 Å². The molecule has 15 heavy (non-hydrogen) atoms. The van der Waals surface area contributed by atoms with E-state index in [4.69, 9.17) is 4.74 Å².